The molecule has 2 heterocycles. The van der Waals surface area contributed by atoms with Crippen molar-refractivity contribution in [1.82, 2.24) is 15.3 Å². The number of nitrogens with one attached hydrogen (secondary N) is 2. The molecule has 3 heteroatoms. The van der Waals surface area contributed by atoms with Gasteiger partial charge >= 0.3 is 0 Å². The summed E-state index contributed by atoms with van der Waals surface area (Å²) < 4.78 is 0. The van der Waals surface area contributed by atoms with Crippen molar-refractivity contribution in [1.29, 1.82) is 0 Å². The van der Waals surface area contributed by atoms with E-state index >= 15 is 0 Å². The molecule has 14 heavy (non-hydrogen) atoms. The highest BCUT2D eigenvalue weighted by molar-refractivity contribution is 5.79. The van der Waals surface area contributed by atoms with Crippen molar-refractivity contribution in [2.75, 3.05) is 6.54 Å². The minimum atomic E-state index is 0.590. The Morgan fingerprint density at radius 3 is 3.36 bits per heavy atom. The van der Waals surface area contributed by atoms with Crippen LogP contribution in [0.2, 0.25) is 0 Å². The number of terminal acetylenes is 1. The van der Waals surface area contributed by atoms with Crippen LogP contribution in [0.4, 0.5) is 0 Å². The van der Waals surface area contributed by atoms with Gasteiger partial charge in [-0.3, -0.25) is 0 Å². The maximum absolute atomic E-state index is 5.15. The molecule has 2 rings (SSSR count). The molecule has 0 aliphatic carbocycles. The molecule has 0 aliphatic rings. The number of fused-ring (bicyclic) bond motifs is 1. The van der Waals surface area contributed by atoms with Gasteiger partial charge in [0.25, 0.3) is 0 Å². The SMILES string of the molecule is C#CCNCc1c[nH]c2ncccc12. The molecule has 0 aliphatic heterocycles. The van der Waals surface area contributed by atoms with Crippen molar-refractivity contribution >= 4 is 11.0 Å². The molecule has 0 bridgehead atoms. The maximum Gasteiger partial charge on any atom is 0.137 e. The topological polar surface area (TPSA) is 40.7 Å². The van der Waals surface area contributed by atoms with Gasteiger partial charge in [0.2, 0.25) is 0 Å². The van der Waals surface area contributed by atoms with E-state index in [-0.39, 0.29) is 0 Å². The number of rotatable bonds is 3. The van der Waals surface area contributed by atoms with Crippen LogP contribution < -0.4 is 5.32 Å². The van der Waals surface area contributed by atoms with Crippen LogP contribution in [0.5, 0.6) is 0 Å². The summed E-state index contributed by atoms with van der Waals surface area (Å²) in [4.78, 5) is 7.32. The summed E-state index contributed by atoms with van der Waals surface area (Å²) >= 11 is 0. The Morgan fingerprint density at radius 2 is 2.50 bits per heavy atom. The van der Waals surface area contributed by atoms with Crippen LogP contribution >= 0.6 is 0 Å². The third-order valence-corrected chi connectivity index (χ3v) is 2.08. The number of aromatic nitrogens is 2. The van der Waals surface area contributed by atoms with Gasteiger partial charge in [0.15, 0.2) is 0 Å². The molecule has 0 radical (unpaired) electrons. The Balaban J connectivity index is 2.22. The Morgan fingerprint density at radius 1 is 1.57 bits per heavy atom. The average molecular weight is 185 g/mol. The molecule has 0 spiro atoms. The Kier molecular flexibility index (Phi) is 2.48. The van der Waals surface area contributed by atoms with E-state index in [1.807, 2.05) is 18.3 Å². The number of pyridine rings is 1. The molecule has 2 aromatic heterocycles. The minimum absolute atomic E-state index is 0.590. The minimum Gasteiger partial charge on any atom is -0.346 e. The van der Waals surface area contributed by atoms with Crippen LogP contribution in [0.15, 0.2) is 24.5 Å². The fourth-order valence-corrected chi connectivity index (χ4v) is 1.43. The van der Waals surface area contributed by atoms with E-state index in [4.69, 9.17) is 6.42 Å². The van der Waals surface area contributed by atoms with Gasteiger partial charge in [-0.25, -0.2) is 4.98 Å². The summed E-state index contributed by atoms with van der Waals surface area (Å²) in [6.45, 7) is 1.36. The highest BCUT2D eigenvalue weighted by Crippen LogP contribution is 2.14. The van der Waals surface area contributed by atoms with Crippen LogP contribution in [0, 0.1) is 12.3 Å². The van der Waals surface area contributed by atoms with Gasteiger partial charge in [-0.2, -0.15) is 0 Å². The number of hydrogen-bond donors (Lipinski definition) is 2. The molecule has 2 aromatic rings. The first-order valence-corrected chi connectivity index (χ1v) is 4.47. The lowest BCUT2D eigenvalue weighted by atomic mass is 10.2. The molecule has 2 N–H and O–H groups in total. The van der Waals surface area contributed by atoms with Gasteiger partial charge in [0.1, 0.15) is 5.65 Å². The van der Waals surface area contributed by atoms with E-state index in [9.17, 15) is 0 Å². The first kappa shape index (κ1) is 8.79. The summed E-state index contributed by atoms with van der Waals surface area (Å²) in [7, 11) is 0. The third-order valence-electron chi connectivity index (χ3n) is 2.08. The van der Waals surface area contributed by atoms with Crippen molar-refractivity contribution in [2.24, 2.45) is 0 Å². The van der Waals surface area contributed by atoms with Crippen molar-refractivity contribution in [3.8, 4) is 12.3 Å². The van der Waals surface area contributed by atoms with Gasteiger partial charge < -0.3 is 10.3 Å². The second kappa shape index (κ2) is 3.95. The molecule has 0 amide bonds. The lowest BCUT2D eigenvalue weighted by Crippen LogP contribution is -2.12. The Bertz CT molecular complexity index is 465. The quantitative estimate of drug-likeness (QED) is 0.558. The van der Waals surface area contributed by atoms with E-state index < -0.39 is 0 Å². The van der Waals surface area contributed by atoms with Crippen molar-refractivity contribution < 1.29 is 0 Å². The summed E-state index contributed by atoms with van der Waals surface area (Å²) in [6, 6.07) is 3.98. The molecular weight excluding hydrogens is 174 g/mol. The number of hydrogen-bond acceptors (Lipinski definition) is 2. The summed E-state index contributed by atoms with van der Waals surface area (Å²) in [5.74, 6) is 2.54. The van der Waals surface area contributed by atoms with Crippen LogP contribution in [0.1, 0.15) is 5.56 Å². The molecule has 3 nitrogen and oxygen atoms in total. The predicted octanol–water partition coefficient (Wildman–Crippen LogP) is 1.29. The summed E-state index contributed by atoms with van der Waals surface area (Å²) in [6.07, 6.45) is 8.88. The number of H-pyrrole nitrogens is 1. The highest BCUT2D eigenvalue weighted by atomic mass is 14.9. The van der Waals surface area contributed by atoms with Crippen molar-refractivity contribution in [3.63, 3.8) is 0 Å². The molecule has 0 atom stereocenters. The standard InChI is InChI=1S/C11H11N3/c1-2-5-12-7-9-8-14-11-10(9)4-3-6-13-11/h1,3-4,6,8,12H,5,7H2,(H,13,14). The summed E-state index contributed by atoms with van der Waals surface area (Å²) in [5.41, 5.74) is 2.12. The van der Waals surface area contributed by atoms with Crippen molar-refractivity contribution in [3.05, 3.63) is 30.1 Å². The zero-order valence-electron chi connectivity index (χ0n) is 7.75. The van der Waals surface area contributed by atoms with Gasteiger partial charge in [0.05, 0.1) is 6.54 Å². The zero-order chi connectivity index (χ0) is 9.80. The molecule has 0 fully saturated rings. The fourth-order valence-electron chi connectivity index (χ4n) is 1.43. The van der Waals surface area contributed by atoms with E-state index in [0.717, 1.165) is 17.6 Å². The lowest BCUT2D eigenvalue weighted by Gasteiger charge is -1.98. The molecule has 0 aromatic carbocycles. The van der Waals surface area contributed by atoms with E-state index in [1.165, 1.54) is 5.56 Å². The highest BCUT2D eigenvalue weighted by Gasteiger charge is 2.01. The monoisotopic (exact) mass is 185 g/mol. The van der Waals surface area contributed by atoms with Gasteiger partial charge in [-0.05, 0) is 17.7 Å². The van der Waals surface area contributed by atoms with E-state index in [0.29, 0.717) is 6.54 Å². The lowest BCUT2D eigenvalue weighted by molar-refractivity contribution is 0.775. The normalized spacial score (nSPS) is 10.2. The number of nitrogens with zero attached hydrogens (tertiary/aromatic N) is 1. The first-order valence-electron chi connectivity index (χ1n) is 4.47. The molecular formula is C11H11N3. The maximum atomic E-state index is 5.15. The third kappa shape index (κ3) is 1.61. The van der Waals surface area contributed by atoms with Crippen LogP contribution in [-0.4, -0.2) is 16.5 Å². The van der Waals surface area contributed by atoms with E-state index in [1.54, 1.807) is 6.20 Å². The van der Waals surface area contributed by atoms with Crippen LogP contribution in [0.3, 0.4) is 0 Å². The van der Waals surface area contributed by atoms with Crippen LogP contribution in [-0.2, 0) is 6.54 Å². The average Bonchev–Trinajstić information content (AvgIpc) is 2.63. The fraction of sp³-hybridized carbons (Fsp3) is 0.182. The predicted molar refractivity (Wildman–Crippen MR) is 56.6 cm³/mol. The van der Waals surface area contributed by atoms with E-state index in [2.05, 4.69) is 21.2 Å². The molecule has 0 saturated heterocycles. The van der Waals surface area contributed by atoms with Crippen molar-refractivity contribution in [2.45, 2.75) is 6.54 Å². The van der Waals surface area contributed by atoms with Gasteiger partial charge in [-0.15, -0.1) is 6.42 Å². The van der Waals surface area contributed by atoms with Gasteiger partial charge in [0, 0.05) is 24.3 Å². The Hall–Kier alpha value is -1.79. The second-order valence-electron chi connectivity index (χ2n) is 3.02. The molecule has 70 valence electrons. The second-order valence-corrected chi connectivity index (χ2v) is 3.02. The van der Waals surface area contributed by atoms with Gasteiger partial charge in [-0.1, -0.05) is 5.92 Å². The molecule has 0 saturated carbocycles. The smallest absolute Gasteiger partial charge is 0.137 e. The molecule has 0 unspecified atom stereocenters. The Labute approximate surface area is 82.6 Å². The largest absolute Gasteiger partial charge is 0.346 e. The summed E-state index contributed by atoms with van der Waals surface area (Å²) in [5, 5.41) is 4.30. The number of aromatic amines is 1. The zero-order valence-corrected chi connectivity index (χ0v) is 7.75. The first-order chi connectivity index (χ1) is 6.92. The van der Waals surface area contributed by atoms with Crippen LogP contribution in [0.25, 0.3) is 11.0 Å².